The van der Waals surface area contributed by atoms with Crippen LogP contribution in [0.4, 0.5) is 0 Å². The number of aliphatic hydroxyl groups is 1. The number of benzene rings is 1. The molecule has 1 aliphatic heterocycles. The van der Waals surface area contributed by atoms with Gasteiger partial charge in [-0.25, -0.2) is 0 Å². The normalized spacial score (nSPS) is 21.0. The third-order valence-corrected chi connectivity index (χ3v) is 3.49. The first-order valence-corrected chi connectivity index (χ1v) is 6.43. The number of nitrogens with zero attached hydrogens (tertiary/aromatic N) is 1. The standard InChI is InChI=1S/C14H20N2O2/c15-13(9-11-5-2-1-3-6-11)14(18)16-8-4-7-12(16)10-17/h1-3,5-6,12-13,17H,4,7-10,15H2/t12-,13+/m1/s1. The molecule has 2 atom stereocenters. The first-order valence-electron chi connectivity index (χ1n) is 6.43. The molecule has 0 unspecified atom stereocenters. The Morgan fingerprint density at radius 2 is 2.17 bits per heavy atom. The molecule has 1 aliphatic rings. The van der Waals surface area contributed by atoms with Crippen molar-refractivity contribution in [2.24, 2.45) is 5.73 Å². The molecule has 1 heterocycles. The number of carbonyl (C=O) groups is 1. The Bertz CT molecular complexity index is 394. The third kappa shape index (κ3) is 2.89. The van der Waals surface area contributed by atoms with Crippen LogP contribution >= 0.6 is 0 Å². The van der Waals surface area contributed by atoms with Crippen molar-refractivity contribution in [3.05, 3.63) is 35.9 Å². The quantitative estimate of drug-likeness (QED) is 0.817. The predicted octanol–water partition coefficient (Wildman–Crippen LogP) is 0.540. The Morgan fingerprint density at radius 1 is 1.44 bits per heavy atom. The number of aliphatic hydroxyl groups excluding tert-OH is 1. The van der Waals surface area contributed by atoms with Gasteiger partial charge in [0.2, 0.25) is 5.91 Å². The highest BCUT2D eigenvalue weighted by Gasteiger charge is 2.30. The van der Waals surface area contributed by atoms with E-state index in [2.05, 4.69) is 0 Å². The van der Waals surface area contributed by atoms with Gasteiger partial charge in [-0.05, 0) is 24.8 Å². The van der Waals surface area contributed by atoms with Gasteiger partial charge in [0.1, 0.15) is 0 Å². The highest BCUT2D eigenvalue weighted by molar-refractivity contribution is 5.82. The molecule has 1 aromatic rings. The van der Waals surface area contributed by atoms with E-state index in [4.69, 9.17) is 5.73 Å². The van der Waals surface area contributed by atoms with Gasteiger partial charge in [0.15, 0.2) is 0 Å². The van der Waals surface area contributed by atoms with Gasteiger partial charge >= 0.3 is 0 Å². The number of nitrogens with two attached hydrogens (primary N) is 1. The molecule has 0 aromatic heterocycles. The highest BCUT2D eigenvalue weighted by atomic mass is 16.3. The van der Waals surface area contributed by atoms with Crippen molar-refractivity contribution in [3.63, 3.8) is 0 Å². The Morgan fingerprint density at radius 3 is 2.83 bits per heavy atom. The minimum absolute atomic E-state index is 0.0315. The van der Waals surface area contributed by atoms with Crippen molar-refractivity contribution in [1.29, 1.82) is 0 Å². The molecule has 4 nitrogen and oxygen atoms in total. The van der Waals surface area contributed by atoms with Crippen LogP contribution in [0.3, 0.4) is 0 Å². The topological polar surface area (TPSA) is 66.6 Å². The fraction of sp³-hybridized carbons (Fsp3) is 0.500. The lowest BCUT2D eigenvalue weighted by Crippen LogP contribution is -2.47. The molecular weight excluding hydrogens is 228 g/mol. The second kappa shape index (κ2) is 5.98. The largest absolute Gasteiger partial charge is 0.394 e. The summed E-state index contributed by atoms with van der Waals surface area (Å²) in [5, 5.41) is 9.22. The maximum atomic E-state index is 12.2. The van der Waals surface area contributed by atoms with Crippen molar-refractivity contribution in [3.8, 4) is 0 Å². The molecule has 4 heteroatoms. The Labute approximate surface area is 107 Å². The summed E-state index contributed by atoms with van der Waals surface area (Å²) in [6.07, 6.45) is 2.38. The molecule has 0 saturated carbocycles. The van der Waals surface area contributed by atoms with E-state index in [9.17, 15) is 9.90 Å². The van der Waals surface area contributed by atoms with Crippen molar-refractivity contribution < 1.29 is 9.90 Å². The fourth-order valence-corrected chi connectivity index (χ4v) is 2.48. The van der Waals surface area contributed by atoms with Crippen LogP contribution in [0.25, 0.3) is 0 Å². The monoisotopic (exact) mass is 248 g/mol. The molecule has 3 N–H and O–H groups in total. The van der Waals surface area contributed by atoms with Gasteiger partial charge < -0.3 is 15.7 Å². The summed E-state index contributed by atoms with van der Waals surface area (Å²) in [5.74, 6) is -0.0459. The zero-order valence-electron chi connectivity index (χ0n) is 10.5. The molecule has 0 aliphatic carbocycles. The van der Waals surface area contributed by atoms with Crippen molar-refractivity contribution >= 4 is 5.91 Å². The van der Waals surface area contributed by atoms with Crippen LogP contribution in [0.5, 0.6) is 0 Å². The van der Waals surface area contributed by atoms with Crippen LogP contribution in [0.2, 0.25) is 0 Å². The number of hydrogen-bond donors (Lipinski definition) is 2. The number of rotatable bonds is 4. The molecular formula is C14H20N2O2. The predicted molar refractivity (Wildman–Crippen MR) is 69.9 cm³/mol. The average molecular weight is 248 g/mol. The number of amides is 1. The summed E-state index contributed by atoms with van der Waals surface area (Å²) >= 11 is 0. The molecule has 1 amide bonds. The van der Waals surface area contributed by atoms with E-state index in [1.54, 1.807) is 4.90 Å². The van der Waals surface area contributed by atoms with E-state index in [-0.39, 0.29) is 18.6 Å². The number of likely N-dealkylation sites (tertiary alicyclic amines) is 1. The zero-order valence-corrected chi connectivity index (χ0v) is 10.5. The number of carbonyl (C=O) groups excluding carboxylic acids is 1. The van der Waals surface area contributed by atoms with Gasteiger partial charge in [-0.3, -0.25) is 4.79 Å². The summed E-state index contributed by atoms with van der Waals surface area (Å²) in [4.78, 5) is 13.9. The van der Waals surface area contributed by atoms with Gasteiger partial charge in [0.05, 0.1) is 18.7 Å². The number of hydrogen-bond acceptors (Lipinski definition) is 3. The van der Waals surface area contributed by atoms with Gasteiger partial charge in [-0.2, -0.15) is 0 Å². The summed E-state index contributed by atoms with van der Waals surface area (Å²) in [6, 6.07) is 9.22. The minimum Gasteiger partial charge on any atom is -0.394 e. The smallest absolute Gasteiger partial charge is 0.240 e. The average Bonchev–Trinajstić information content (AvgIpc) is 2.87. The molecule has 1 saturated heterocycles. The summed E-state index contributed by atoms with van der Waals surface area (Å²) < 4.78 is 0. The molecule has 0 spiro atoms. The zero-order chi connectivity index (χ0) is 13.0. The van der Waals surface area contributed by atoms with Gasteiger partial charge in [0.25, 0.3) is 0 Å². The van der Waals surface area contributed by atoms with E-state index in [0.29, 0.717) is 13.0 Å². The SMILES string of the molecule is N[C@@H](Cc1ccccc1)C(=O)N1CCC[C@@H]1CO. The van der Waals surface area contributed by atoms with Gasteiger partial charge in [-0.15, -0.1) is 0 Å². The van der Waals surface area contributed by atoms with Crippen molar-refractivity contribution in [2.75, 3.05) is 13.2 Å². The first kappa shape index (κ1) is 13.1. The molecule has 0 bridgehead atoms. The second-order valence-corrected chi connectivity index (χ2v) is 4.81. The molecule has 2 rings (SSSR count). The molecule has 18 heavy (non-hydrogen) atoms. The van der Waals surface area contributed by atoms with E-state index in [1.165, 1.54) is 0 Å². The van der Waals surface area contributed by atoms with E-state index >= 15 is 0 Å². The summed E-state index contributed by atoms with van der Waals surface area (Å²) in [7, 11) is 0. The fourth-order valence-electron chi connectivity index (χ4n) is 2.48. The van der Waals surface area contributed by atoms with E-state index < -0.39 is 6.04 Å². The summed E-state index contributed by atoms with van der Waals surface area (Å²) in [6.45, 7) is 0.746. The van der Waals surface area contributed by atoms with E-state index in [0.717, 1.165) is 18.4 Å². The van der Waals surface area contributed by atoms with Crippen LogP contribution in [0, 0.1) is 0 Å². The third-order valence-electron chi connectivity index (χ3n) is 3.49. The molecule has 98 valence electrons. The maximum absolute atomic E-state index is 12.2. The van der Waals surface area contributed by atoms with E-state index in [1.807, 2.05) is 30.3 Å². The minimum atomic E-state index is -0.514. The van der Waals surface area contributed by atoms with Crippen LogP contribution in [-0.4, -0.2) is 41.1 Å². The lowest BCUT2D eigenvalue weighted by Gasteiger charge is -2.26. The van der Waals surface area contributed by atoms with Gasteiger partial charge in [-0.1, -0.05) is 30.3 Å². The summed E-state index contributed by atoms with van der Waals surface area (Å²) in [5.41, 5.74) is 7.04. The van der Waals surface area contributed by atoms with Gasteiger partial charge in [0, 0.05) is 6.54 Å². The first-order chi connectivity index (χ1) is 8.72. The highest BCUT2D eigenvalue weighted by Crippen LogP contribution is 2.18. The molecule has 1 aromatic carbocycles. The Balaban J connectivity index is 1.96. The van der Waals surface area contributed by atoms with Crippen LogP contribution in [0.1, 0.15) is 18.4 Å². The Hall–Kier alpha value is -1.39. The molecule has 1 fully saturated rings. The van der Waals surface area contributed by atoms with Crippen LogP contribution < -0.4 is 5.73 Å². The lowest BCUT2D eigenvalue weighted by atomic mass is 10.1. The van der Waals surface area contributed by atoms with Crippen LogP contribution in [0.15, 0.2) is 30.3 Å². The maximum Gasteiger partial charge on any atom is 0.240 e. The second-order valence-electron chi connectivity index (χ2n) is 4.81. The molecule has 0 radical (unpaired) electrons. The van der Waals surface area contributed by atoms with Crippen LogP contribution in [-0.2, 0) is 11.2 Å². The van der Waals surface area contributed by atoms with Crippen molar-refractivity contribution in [2.45, 2.75) is 31.3 Å². The van der Waals surface area contributed by atoms with Crippen molar-refractivity contribution in [1.82, 2.24) is 4.90 Å². The lowest BCUT2D eigenvalue weighted by molar-refractivity contribution is -0.134. The Kier molecular flexibility index (Phi) is 4.33.